The lowest BCUT2D eigenvalue weighted by Crippen LogP contribution is -2.46. The highest BCUT2D eigenvalue weighted by Crippen LogP contribution is 2.51. The Morgan fingerprint density at radius 3 is 2.50 bits per heavy atom. The summed E-state index contributed by atoms with van der Waals surface area (Å²) in [6.45, 7) is 0.859. The molecule has 2 aliphatic rings. The van der Waals surface area contributed by atoms with Gasteiger partial charge < -0.3 is 9.64 Å². The number of anilines is 1. The minimum absolute atomic E-state index is 0.0637. The standard InChI is InChI=1S/C26H21NO/c1-2-8-18(9-3-1)17-27-23-13-7-6-12-21(23)22-16-25(27)28-24-15-14-19-10-4-5-11-20(19)26(22)24/h1-15,22,25H,16-17H2. The molecule has 2 heteroatoms. The predicted molar refractivity (Wildman–Crippen MR) is 114 cm³/mol. The van der Waals surface area contributed by atoms with Crippen molar-refractivity contribution in [3.05, 3.63) is 108 Å². The predicted octanol–water partition coefficient (Wildman–Crippen LogP) is 6.10. The van der Waals surface area contributed by atoms with E-state index in [-0.39, 0.29) is 6.23 Å². The van der Waals surface area contributed by atoms with Crippen LogP contribution in [0.4, 0.5) is 5.69 Å². The van der Waals surface area contributed by atoms with Crippen molar-refractivity contribution in [2.45, 2.75) is 25.1 Å². The number of hydrogen-bond donors (Lipinski definition) is 0. The van der Waals surface area contributed by atoms with Gasteiger partial charge in [0.2, 0.25) is 0 Å². The van der Waals surface area contributed by atoms with Crippen molar-refractivity contribution in [3.8, 4) is 5.75 Å². The number of fused-ring (bicyclic) bond motifs is 8. The summed E-state index contributed by atoms with van der Waals surface area (Å²) in [6.07, 6.45) is 1.05. The van der Waals surface area contributed by atoms with Crippen LogP contribution < -0.4 is 9.64 Å². The number of hydrogen-bond acceptors (Lipinski definition) is 2. The summed E-state index contributed by atoms with van der Waals surface area (Å²) in [5.74, 6) is 1.41. The third-order valence-corrected chi connectivity index (χ3v) is 6.14. The fourth-order valence-corrected chi connectivity index (χ4v) is 4.89. The van der Waals surface area contributed by atoms with Gasteiger partial charge in [-0.15, -0.1) is 0 Å². The van der Waals surface area contributed by atoms with Crippen LogP contribution in [0, 0.1) is 0 Å². The lowest BCUT2D eigenvalue weighted by atomic mass is 9.79. The maximum atomic E-state index is 6.58. The Morgan fingerprint density at radius 1 is 0.786 bits per heavy atom. The highest BCUT2D eigenvalue weighted by molar-refractivity contribution is 5.89. The van der Waals surface area contributed by atoms with Gasteiger partial charge in [-0.05, 0) is 34.0 Å². The summed E-state index contributed by atoms with van der Waals surface area (Å²) in [6, 6.07) is 32.5. The molecular weight excluding hydrogens is 342 g/mol. The molecule has 2 atom stereocenters. The van der Waals surface area contributed by atoms with Gasteiger partial charge in [-0.2, -0.15) is 0 Å². The smallest absolute Gasteiger partial charge is 0.173 e. The molecule has 0 fully saturated rings. The molecule has 0 saturated heterocycles. The van der Waals surface area contributed by atoms with Gasteiger partial charge in [0, 0.05) is 30.1 Å². The first-order valence-electron chi connectivity index (χ1n) is 9.96. The van der Waals surface area contributed by atoms with Gasteiger partial charge >= 0.3 is 0 Å². The van der Waals surface area contributed by atoms with Gasteiger partial charge in [-0.1, -0.05) is 78.9 Å². The number of benzene rings is 4. The lowest BCUT2D eigenvalue weighted by Gasteiger charge is -2.46. The minimum Gasteiger partial charge on any atom is -0.470 e. The Balaban J connectivity index is 1.52. The van der Waals surface area contributed by atoms with Crippen LogP contribution in [0.1, 0.15) is 29.0 Å². The van der Waals surface area contributed by atoms with Crippen LogP contribution in [0.25, 0.3) is 10.8 Å². The fraction of sp³-hybridized carbons (Fsp3) is 0.154. The number of nitrogens with zero attached hydrogens (tertiary/aromatic N) is 1. The van der Waals surface area contributed by atoms with E-state index >= 15 is 0 Å². The maximum absolute atomic E-state index is 6.58. The maximum Gasteiger partial charge on any atom is 0.173 e. The molecule has 0 aliphatic carbocycles. The molecule has 0 amide bonds. The molecule has 0 N–H and O–H groups in total. The topological polar surface area (TPSA) is 12.5 Å². The molecule has 6 rings (SSSR count). The van der Waals surface area contributed by atoms with Crippen molar-refractivity contribution in [2.24, 2.45) is 0 Å². The van der Waals surface area contributed by atoms with E-state index in [2.05, 4.69) is 95.9 Å². The van der Waals surface area contributed by atoms with E-state index in [4.69, 9.17) is 4.74 Å². The Bertz CT molecular complexity index is 1170. The van der Waals surface area contributed by atoms with Crippen molar-refractivity contribution in [3.63, 3.8) is 0 Å². The molecule has 2 nitrogen and oxygen atoms in total. The molecule has 4 aromatic rings. The van der Waals surface area contributed by atoms with E-state index < -0.39 is 0 Å². The second kappa shape index (κ2) is 6.13. The van der Waals surface area contributed by atoms with E-state index in [1.807, 2.05) is 0 Å². The fourth-order valence-electron chi connectivity index (χ4n) is 4.89. The van der Waals surface area contributed by atoms with Crippen LogP contribution in [0.2, 0.25) is 0 Å². The molecule has 0 saturated carbocycles. The van der Waals surface area contributed by atoms with Crippen LogP contribution in [0.15, 0.2) is 91.0 Å². The first-order valence-corrected chi connectivity index (χ1v) is 9.96. The molecule has 0 spiro atoms. The zero-order valence-electron chi connectivity index (χ0n) is 15.6. The zero-order valence-corrected chi connectivity index (χ0v) is 15.6. The van der Waals surface area contributed by atoms with Crippen molar-refractivity contribution in [1.82, 2.24) is 0 Å². The second-order valence-corrected chi connectivity index (χ2v) is 7.73. The van der Waals surface area contributed by atoms with Gasteiger partial charge in [0.25, 0.3) is 0 Å². The summed E-state index contributed by atoms with van der Waals surface area (Å²) >= 11 is 0. The normalized spacial score (nSPS) is 19.6. The highest BCUT2D eigenvalue weighted by atomic mass is 16.5. The van der Waals surface area contributed by atoms with Crippen LogP contribution in [0.5, 0.6) is 5.75 Å². The van der Waals surface area contributed by atoms with Crippen LogP contribution >= 0.6 is 0 Å². The minimum atomic E-state index is 0.0637. The molecule has 0 aromatic heterocycles. The quantitative estimate of drug-likeness (QED) is 0.427. The summed E-state index contributed by atoms with van der Waals surface area (Å²) in [7, 11) is 0. The molecular formula is C26H21NO. The third kappa shape index (κ3) is 2.34. The molecule has 2 bridgehead atoms. The molecule has 28 heavy (non-hydrogen) atoms. The van der Waals surface area contributed by atoms with Crippen molar-refractivity contribution in [2.75, 3.05) is 4.90 Å². The molecule has 2 heterocycles. The Kier molecular flexibility index (Phi) is 3.45. The third-order valence-electron chi connectivity index (χ3n) is 6.14. The molecule has 2 aliphatic heterocycles. The lowest BCUT2D eigenvalue weighted by molar-refractivity contribution is 0.151. The van der Waals surface area contributed by atoms with Gasteiger partial charge in [0.05, 0.1) is 0 Å². The van der Waals surface area contributed by atoms with Crippen molar-refractivity contribution >= 4 is 16.5 Å². The summed E-state index contributed by atoms with van der Waals surface area (Å²) in [4.78, 5) is 2.43. The summed E-state index contributed by atoms with van der Waals surface area (Å²) in [5.41, 5.74) is 5.37. The Hall–Kier alpha value is -3.26. The monoisotopic (exact) mass is 363 g/mol. The largest absolute Gasteiger partial charge is 0.470 e. The zero-order chi connectivity index (χ0) is 18.5. The van der Waals surface area contributed by atoms with Crippen LogP contribution in [-0.2, 0) is 6.54 Å². The summed E-state index contributed by atoms with van der Waals surface area (Å²) < 4.78 is 6.58. The molecule has 4 aromatic carbocycles. The molecule has 0 radical (unpaired) electrons. The van der Waals surface area contributed by atoms with E-state index in [0.29, 0.717) is 5.92 Å². The van der Waals surface area contributed by atoms with E-state index in [1.54, 1.807) is 0 Å². The first-order chi connectivity index (χ1) is 13.9. The van der Waals surface area contributed by atoms with Gasteiger partial charge in [-0.25, -0.2) is 0 Å². The number of rotatable bonds is 2. The second-order valence-electron chi connectivity index (χ2n) is 7.73. The average Bonchev–Trinajstić information content (AvgIpc) is 2.77. The summed E-state index contributed by atoms with van der Waals surface area (Å²) in [5, 5.41) is 2.60. The van der Waals surface area contributed by atoms with Crippen LogP contribution in [-0.4, -0.2) is 6.23 Å². The Labute approximate surface area is 165 Å². The number of para-hydroxylation sites is 1. The van der Waals surface area contributed by atoms with E-state index in [0.717, 1.165) is 18.7 Å². The van der Waals surface area contributed by atoms with Crippen molar-refractivity contribution < 1.29 is 4.74 Å². The van der Waals surface area contributed by atoms with Crippen LogP contribution in [0.3, 0.4) is 0 Å². The molecule has 2 unspecified atom stereocenters. The van der Waals surface area contributed by atoms with Gasteiger partial charge in [-0.3, -0.25) is 0 Å². The van der Waals surface area contributed by atoms with E-state index in [9.17, 15) is 0 Å². The van der Waals surface area contributed by atoms with Gasteiger partial charge in [0.15, 0.2) is 6.23 Å². The Morgan fingerprint density at radius 2 is 1.57 bits per heavy atom. The highest BCUT2D eigenvalue weighted by Gasteiger charge is 2.40. The van der Waals surface area contributed by atoms with Crippen molar-refractivity contribution in [1.29, 1.82) is 0 Å². The SMILES string of the molecule is c1ccc(CN2c3ccccc3C3CC2Oc2ccc4ccccc4c23)cc1. The average molecular weight is 363 g/mol. The first kappa shape index (κ1) is 15.8. The molecule has 136 valence electrons. The van der Waals surface area contributed by atoms with Gasteiger partial charge in [0.1, 0.15) is 5.75 Å². The number of ether oxygens (including phenoxy) is 1. The van der Waals surface area contributed by atoms with E-state index in [1.165, 1.54) is 33.2 Å².